The van der Waals surface area contributed by atoms with Gasteiger partial charge in [-0.3, -0.25) is 0 Å². The molecule has 1 aliphatic heterocycles. The maximum absolute atomic E-state index is 13.3. The number of ether oxygens (including phenoxy) is 1. The van der Waals surface area contributed by atoms with Gasteiger partial charge in [-0.05, 0) is 0 Å². The number of thioether (sulfide) groups is 1. The summed E-state index contributed by atoms with van der Waals surface area (Å²) >= 11 is 1.22. The van der Waals surface area contributed by atoms with Crippen molar-refractivity contribution in [2.75, 3.05) is 18.6 Å². The first-order chi connectivity index (χ1) is 7.20. The van der Waals surface area contributed by atoms with Crippen LogP contribution in [0.2, 0.25) is 0 Å². The third-order valence-corrected chi connectivity index (χ3v) is 3.03. The summed E-state index contributed by atoms with van der Waals surface area (Å²) < 4.78 is 31.2. The topological polar surface area (TPSA) is 60.2 Å². The summed E-state index contributed by atoms with van der Waals surface area (Å²) in [5.74, 6) is 3.41. The Bertz CT molecular complexity index is 373. The van der Waals surface area contributed by atoms with Crippen molar-refractivity contribution in [1.82, 2.24) is 4.98 Å². The lowest BCUT2D eigenvalue weighted by atomic mass is 10.4. The number of rotatable bonds is 3. The Morgan fingerprint density at radius 3 is 2.73 bits per heavy atom. The van der Waals surface area contributed by atoms with Crippen LogP contribution in [0.25, 0.3) is 0 Å². The highest BCUT2D eigenvalue weighted by molar-refractivity contribution is 8.00. The number of nitrogen functional groups attached to an aromatic ring is 1. The van der Waals surface area contributed by atoms with Gasteiger partial charge < -0.3 is 10.2 Å². The van der Waals surface area contributed by atoms with Crippen LogP contribution in [0.15, 0.2) is 11.1 Å². The Hall–Kier alpha value is -0.920. The lowest BCUT2D eigenvalue weighted by Crippen LogP contribution is -2.30. The zero-order chi connectivity index (χ0) is 10.8. The summed E-state index contributed by atoms with van der Waals surface area (Å²) in [4.78, 5) is 3.73. The number of hydrogen-bond donors (Lipinski definition) is 2. The van der Waals surface area contributed by atoms with Gasteiger partial charge in [0, 0.05) is 6.07 Å². The highest BCUT2D eigenvalue weighted by Gasteiger charge is 2.23. The predicted molar refractivity (Wildman–Crippen MR) is 52.4 cm³/mol. The number of nitrogens with zero attached hydrogens (tertiary/aromatic N) is 1. The number of pyridine rings is 1. The van der Waals surface area contributed by atoms with E-state index in [1.54, 1.807) is 0 Å². The molecular formula is C8H9F2N3OS. The SMILES string of the molecule is NNc1nc(SC2COC2)c(F)cc1F. The summed E-state index contributed by atoms with van der Waals surface area (Å²) in [7, 11) is 0. The van der Waals surface area contributed by atoms with E-state index in [1.165, 1.54) is 11.8 Å². The largest absolute Gasteiger partial charge is 0.379 e. The summed E-state index contributed by atoms with van der Waals surface area (Å²) in [5, 5.41) is 0.320. The van der Waals surface area contributed by atoms with Gasteiger partial charge in [-0.2, -0.15) is 0 Å². The molecule has 0 unspecified atom stereocenters. The van der Waals surface area contributed by atoms with Gasteiger partial charge in [0.1, 0.15) is 5.03 Å². The third-order valence-electron chi connectivity index (χ3n) is 1.92. The van der Waals surface area contributed by atoms with Crippen LogP contribution < -0.4 is 11.3 Å². The number of halogens is 2. The minimum Gasteiger partial charge on any atom is -0.379 e. The molecule has 0 atom stereocenters. The first kappa shape index (κ1) is 10.6. The van der Waals surface area contributed by atoms with Gasteiger partial charge in [-0.25, -0.2) is 19.6 Å². The highest BCUT2D eigenvalue weighted by atomic mass is 32.2. The Kier molecular flexibility index (Phi) is 3.03. The maximum atomic E-state index is 13.3. The van der Waals surface area contributed by atoms with Crippen molar-refractivity contribution in [3.63, 3.8) is 0 Å². The molecule has 3 N–H and O–H groups in total. The average molecular weight is 233 g/mol. The smallest absolute Gasteiger partial charge is 0.177 e. The molecule has 0 saturated carbocycles. The molecule has 82 valence electrons. The van der Waals surface area contributed by atoms with E-state index in [9.17, 15) is 8.78 Å². The van der Waals surface area contributed by atoms with Crippen LogP contribution >= 0.6 is 11.8 Å². The fourth-order valence-electron chi connectivity index (χ4n) is 1.07. The van der Waals surface area contributed by atoms with Gasteiger partial charge in [0.25, 0.3) is 0 Å². The summed E-state index contributed by atoms with van der Waals surface area (Å²) in [5.41, 5.74) is 2.07. The Morgan fingerprint density at radius 2 is 2.20 bits per heavy atom. The second-order valence-electron chi connectivity index (χ2n) is 3.03. The molecule has 15 heavy (non-hydrogen) atoms. The Balaban J connectivity index is 2.21. The summed E-state index contributed by atoms with van der Waals surface area (Å²) in [6, 6.07) is 0.768. The molecule has 0 amide bonds. The molecule has 1 aliphatic rings. The monoisotopic (exact) mass is 233 g/mol. The summed E-state index contributed by atoms with van der Waals surface area (Å²) in [6.07, 6.45) is 0. The molecule has 1 aromatic rings. The van der Waals surface area contributed by atoms with E-state index in [4.69, 9.17) is 10.6 Å². The normalized spacial score (nSPS) is 16.2. The zero-order valence-corrected chi connectivity index (χ0v) is 8.48. The number of nitrogens with one attached hydrogen (secondary N) is 1. The van der Waals surface area contributed by atoms with E-state index in [2.05, 4.69) is 10.4 Å². The molecule has 1 aromatic heterocycles. The lowest BCUT2D eigenvalue weighted by molar-refractivity contribution is 0.0454. The minimum atomic E-state index is -0.802. The van der Waals surface area contributed by atoms with Crippen LogP contribution in [-0.4, -0.2) is 23.4 Å². The van der Waals surface area contributed by atoms with Crippen LogP contribution in [0.1, 0.15) is 0 Å². The molecule has 0 aromatic carbocycles. The van der Waals surface area contributed by atoms with Gasteiger partial charge in [-0.1, -0.05) is 11.8 Å². The second kappa shape index (κ2) is 4.30. The molecule has 2 heterocycles. The molecule has 7 heteroatoms. The van der Waals surface area contributed by atoms with Gasteiger partial charge >= 0.3 is 0 Å². The van der Waals surface area contributed by atoms with E-state index in [0.717, 1.165) is 6.07 Å². The van der Waals surface area contributed by atoms with E-state index in [0.29, 0.717) is 13.2 Å². The van der Waals surface area contributed by atoms with Gasteiger partial charge in [0.15, 0.2) is 17.5 Å². The number of anilines is 1. The molecular weight excluding hydrogens is 224 g/mol. The highest BCUT2D eigenvalue weighted by Crippen LogP contribution is 2.30. The van der Waals surface area contributed by atoms with Crippen molar-refractivity contribution in [1.29, 1.82) is 0 Å². The lowest BCUT2D eigenvalue weighted by Gasteiger charge is -2.24. The fourth-order valence-corrected chi connectivity index (χ4v) is 2.03. The minimum absolute atomic E-state index is 0.137. The van der Waals surface area contributed by atoms with Crippen molar-refractivity contribution in [2.24, 2.45) is 5.84 Å². The molecule has 1 saturated heterocycles. The number of hydrogen-bond acceptors (Lipinski definition) is 5. The van der Waals surface area contributed by atoms with Crippen molar-refractivity contribution < 1.29 is 13.5 Å². The first-order valence-electron chi connectivity index (χ1n) is 4.27. The van der Waals surface area contributed by atoms with Crippen LogP contribution in [0.4, 0.5) is 14.6 Å². The number of hydrazine groups is 1. The van der Waals surface area contributed by atoms with Crippen molar-refractivity contribution >= 4 is 17.6 Å². The Morgan fingerprint density at radius 1 is 1.47 bits per heavy atom. The van der Waals surface area contributed by atoms with Gasteiger partial charge in [0.05, 0.1) is 18.5 Å². The molecule has 4 nitrogen and oxygen atoms in total. The third kappa shape index (κ3) is 2.19. The van der Waals surface area contributed by atoms with Crippen molar-refractivity contribution in [2.45, 2.75) is 10.3 Å². The second-order valence-corrected chi connectivity index (χ2v) is 4.32. The van der Waals surface area contributed by atoms with Crippen LogP contribution in [0.5, 0.6) is 0 Å². The van der Waals surface area contributed by atoms with Crippen LogP contribution in [0, 0.1) is 11.6 Å². The Labute approximate surface area is 89.2 Å². The predicted octanol–water partition coefficient (Wildman–Crippen LogP) is 1.14. The van der Waals surface area contributed by atoms with Crippen molar-refractivity contribution in [3.05, 3.63) is 17.7 Å². The van der Waals surface area contributed by atoms with Crippen LogP contribution in [-0.2, 0) is 4.74 Å². The van der Waals surface area contributed by atoms with Gasteiger partial charge in [0.2, 0.25) is 0 Å². The van der Waals surface area contributed by atoms with E-state index in [-0.39, 0.29) is 16.1 Å². The van der Waals surface area contributed by atoms with Gasteiger partial charge in [-0.15, -0.1) is 0 Å². The van der Waals surface area contributed by atoms with Crippen LogP contribution in [0.3, 0.4) is 0 Å². The van der Waals surface area contributed by atoms with E-state index >= 15 is 0 Å². The molecule has 2 rings (SSSR count). The summed E-state index contributed by atoms with van der Waals surface area (Å²) in [6.45, 7) is 1.13. The number of nitrogens with two attached hydrogens (primary N) is 1. The number of aromatic nitrogens is 1. The van der Waals surface area contributed by atoms with E-state index < -0.39 is 11.6 Å². The standard InChI is InChI=1S/C8H9F2N3OS/c9-5-1-6(10)8(12-7(5)13-11)15-4-2-14-3-4/h1,4H,2-3,11H2,(H,12,13). The maximum Gasteiger partial charge on any atom is 0.177 e. The van der Waals surface area contributed by atoms with Crippen molar-refractivity contribution in [3.8, 4) is 0 Å². The fraction of sp³-hybridized carbons (Fsp3) is 0.375. The quantitative estimate of drug-likeness (QED) is 0.605. The first-order valence-corrected chi connectivity index (χ1v) is 5.15. The average Bonchev–Trinajstić information content (AvgIpc) is 2.14. The molecule has 0 bridgehead atoms. The molecule has 0 spiro atoms. The zero-order valence-electron chi connectivity index (χ0n) is 7.67. The molecule has 0 aliphatic carbocycles. The molecule has 1 fully saturated rings. The van der Waals surface area contributed by atoms with E-state index in [1.807, 2.05) is 0 Å². The molecule has 0 radical (unpaired) electrons.